The highest BCUT2D eigenvalue weighted by Crippen LogP contribution is 2.16. The molecule has 0 saturated heterocycles. The number of rotatable bonds is 2. The predicted octanol–water partition coefficient (Wildman–Crippen LogP) is 0.870. The zero-order chi connectivity index (χ0) is 12.3. The van der Waals surface area contributed by atoms with E-state index in [0.717, 1.165) is 7.11 Å². The Morgan fingerprint density at radius 2 is 1.75 bits per heavy atom. The van der Waals surface area contributed by atoms with E-state index in [1.807, 2.05) is 0 Å². The molecule has 16 heavy (non-hydrogen) atoms. The number of carbonyl (C=O) groups excluding carboxylic acids is 2. The Balaban J connectivity index is 3.38. The molecular weight excluding hydrogens is 224 g/mol. The zero-order valence-corrected chi connectivity index (χ0v) is 8.08. The summed E-state index contributed by atoms with van der Waals surface area (Å²) in [5.41, 5.74) is 0.213. The molecule has 0 aliphatic heterocycles. The van der Waals surface area contributed by atoms with E-state index in [9.17, 15) is 18.4 Å². The molecule has 2 N–H and O–H groups in total. The van der Waals surface area contributed by atoms with Crippen LogP contribution in [0.25, 0.3) is 0 Å². The van der Waals surface area contributed by atoms with E-state index in [-0.39, 0.29) is 0 Å². The van der Waals surface area contributed by atoms with Gasteiger partial charge in [-0.3, -0.25) is 10.0 Å². The number of methoxy groups -OCH3 is 1. The maximum Gasteiger partial charge on any atom is 0.338 e. The molecule has 0 saturated carbocycles. The van der Waals surface area contributed by atoms with Crippen LogP contribution in [0.3, 0.4) is 0 Å². The van der Waals surface area contributed by atoms with Crippen molar-refractivity contribution in [1.29, 1.82) is 0 Å². The van der Waals surface area contributed by atoms with Gasteiger partial charge in [0.25, 0.3) is 5.91 Å². The fourth-order valence-corrected chi connectivity index (χ4v) is 1.07. The maximum atomic E-state index is 12.8. The van der Waals surface area contributed by atoms with Gasteiger partial charge >= 0.3 is 5.97 Å². The van der Waals surface area contributed by atoms with Crippen LogP contribution in [-0.2, 0) is 4.74 Å². The Bertz CT molecular complexity index is 406. The molecule has 5 nitrogen and oxygen atoms in total. The van der Waals surface area contributed by atoms with Gasteiger partial charge in [0.2, 0.25) is 0 Å². The number of hydrogen-bond acceptors (Lipinski definition) is 4. The van der Waals surface area contributed by atoms with E-state index in [4.69, 9.17) is 5.21 Å². The number of nitrogens with one attached hydrogen (secondary N) is 1. The molecule has 86 valence electrons. The van der Waals surface area contributed by atoms with Crippen molar-refractivity contribution < 1.29 is 28.3 Å². The van der Waals surface area contributed by atoms with Crippen molar-refractivity contribution >= 4 is 11.9 Å². The van der Waals surface area contributed by atoms with Crippen LogP contribution >= 0.6 is 0 Å². The minimum absolute atomic E-state index is 0.479. The topological polar surface area (TPSA) is 75.6 Å². The highest BCUT2D eigenvalue weighted by Gasteiger charge is 2.20. The second-order valence-electron chi connectivity index (χ2n) is 2.74. The minimum atomic E-state index is -1.31. The first kappa shape index (κ1) is 12.1. The summed E-state index contributed by atoms with van der Waals surface area (Å²) in [5.74, 6) is -4.77. The third-order valence-corrected chi connectivity index (χ3v) is 1.81. The first-order chi connectivity index (χ1) is 7.51. The Kier molecular flexibility index (Phi) is 3.51. The van der Waals surface area contributed by atoms with E-state index in [1.165, 1.54) is 5.48 Å². The number of halogens is 2. The summed E-state index contributed by atoms with van der Waals surface area (Å²) in [5, 5.41) is 8.36. The summed E-state index contributed by atoms with van der Waals surface area (Å²) >= 11 is 0. The largest absolute Gasteiger partial charge is 0.465 e. The minimum Gasteiger partial charge on any atom is -0.465 e. The lowest BCUT2D eigenvalue weighted by Gasteiger charge is -2.06. The van der Waals surface area contributed by atoms with Crippen molar-refractivity contribution in [2.45, 2.75) is 0 Å². The average molecular weight is 231 g/mol. The van der Waals surface area contributed by atoms with Gasteiger partial charge < -0.3 is 4.74 Å². The molecule has 1 aromatic carbocycles. The number of hydrogen-bond donors (Lipinski definition) is 2. The molecule has 1 rings (SSSR count). The predicted molar refractivity (Wildman–Crippen MR) is 47.0 cm³/mol. The smallest absolute Gasteiger partial charge is 0.338 e. The summed E-state index contributed by atoms with van der Waals surface area (Å²) in [4.78, 5) is 22.2. The standard InChI is InChI=1S/C9H7F2NO4/c1-16-9(14)5-3-7(11)6(10)2-4(5)8(13)12-15/h2-3,15H,1H3,(H,12,13). The van der Waals surface area contributed by atoms with Crippen LogP contribution in [0, 0.1) is 11.6 Å². The quantitative estimate of drug-likeness (QED) is 0.450. The number of carbonyl (C=O) groups is 2. The molecule has 0 aliphatic carbocycles. The summed E-state index contributed by atoms with van der Waals surface area (Å²) in [7, 11) is 1.02. The highest BCUT2D eigenvalue weighted by atomic mass is 19.2. The second-order valence-corrected chi connectivity index (χ2v) is 2.74. The monoisotopic (exact) mass is 231 g/mol. The van der Waals surface area contributed by atoms with Gasteiger partial charge in [-0.25, -0.2) is 19.1 Å². The third-order valence-electron chi connectivity index (χ3n) is 1.81. The first-order valence-electron chi connectivity index (χ1n) is 4.03. The molecule has 1 amide bonds. The van der Waals surface area contributed by atoms with Crippen LogP contribution in [-0.4, -0.2) is 24.2 Å². The Morgan fingerprint density at radius 1 is 1.25 bits per heavy atom. The molecule has 0 aliphatic rings. The molecule has 7 heteroatoms. The summed E-state index contributed by atoms with van der Waals surface area (Å²) in [6.07, 6.45) is 0. The van der Waals surface area contributed by atoms with Crippen molar-refractivity contribution in [2.75, 3.05) is 7.11 Å². The van der Waals surface area contributed by atoms with Crippen LogP contribution in [0.1, 0.15) is 20.7 Å². The van der Waals surface area contributed by atoms with Gasteiger partial charge in [-0.15, -0.1) is 0 Å². The van der Waals surface area contributed by atoms with E-state index >= 15 is 0 Å². The lowest BCUT2D eigenvalue weighted by molar-refractivity contribution is 0.0586. The fourth-order valence-electron chi connectivity index (χ4n) is 1.07. The normalized spacial score (nSPS) is 9.75. The van der Waals surface area contributed by atoms with E-state index < -0.39 is 34.6 Å². The van der Waals surface area contributed by atoms with Gasteiger partial charge in [0.15, 0.2) is 11.6 Å². The number of benzene rings is 1. The van der Waals surface area contributed by atoms with Crippen LogP contribution in [0.2, 0.25) is 0 Å². The molecule has 0 fully saturated rings. The van der Waals surface area contributed by atoms with Crippen LogP contribution in [0.5, 0.6) is 0 Å². The first-order valence-corrected chi connectivity index (χ1v) is 4.03. The second kappa shape index (κ2) is 4.67. The molecule has 0 spiro atoms. The Labute approximate surface area is 88.6 Å². The molecule has 1 aromatic rings. The molecule has 0 radical (unpaired) electrons. The molecular formula is C9H7F2NO4. The maximum absolute atomic E-state index is 12.8. The number of esters is 1. The van der Waals surface area contributed by atoms with Crippen molar-refractivity contribution in [1.82, 2.24) is 5.48 Å². The highest BCUT2D eigenvalue weighted by molar-refractivity contribution is 6.04. The lowest BCUT2D eigenvalue weighted by atomic mass is 10.1. The van der Waals surface area contributed by atoms with Gasteiger partial charge in [0, 0.05) is 0 Å². The molecule has 0 atom stereocenters. The number of ether oxygens (including phenoxy) is 1. The van der Waals surface area contributed by atoms with E-state index in [2.05, 4.69) is 4.74 Å². The van der Waals surface area contributed by atoms with Crippen LogP contribution in [0.4, 0.5) is 8.78 Å². The third kappa shape index (κ3) is 2.14. The zero-order valence-electron chi connectivity index (χ0n) is 8.08. The van der Waals surface area contributed by atoms with Gasteiger partial charge in [-0.1, -0.05) is 0 Å². The molecule has 0 heterocycles. The molecule has 0 unspecified atom stereocenters. The van der Waals surface area contributed by atoms with Gasteiger partial charge in [0.1, 0.15) is 0 Å². The summed E-state index contributed by atoms with van der Waals surface area (Å²) < 4.78 is 30.0. The van der Waals surface area contributed by atoms with Crippen LogP contribution in [0.15, 0.2) is 12.1 Å². The van der Waals surface area contributed by atoms with Crippen molar-refractivity contribution in [3.8, 4) is 0 Å². The Morgan fingerprint density at radius 3 is 2.19 bits per heavy atom. The molecule has 0 aromatic heterocycles. The van der Waals surface area contributed by atoms with E-state index in [0.29, 0.717) is 12.1 Å². The van der Waals surface area contributed by atoms with Crippen molar-refractivity contribution in [3.05, 3.63) is 34.9 Å². The van der Waals surface area contributed by atoms with Crippen LogP contribution < -0.4 is 5.48 Å². The fraction of sp³-hybridized carbons (Fsp3) is 0.111. The van der Waals surface area contributed by atoms with Gasteiger partial charge in [0.05, 0.1) is 18.2 Å². The average Bonchev–Trinajstić information content (AvgIpc) is 2.30. The Hall–Kier alpha value is -2.02. The SMILES string of the molecule is COC(=O)c1cc(F)c(F)cc1C(=O)NO. The van der Waals surface area contributed by atoms with Crippen molar-refractivity contribution in [2.24, 2.45) is 0 Å². The summed E-state index contributed by atoms with van der Waals surface area (Å²) in [6, 6.07) is 1.01. The molecule has 0 bridgehead atoms. The number of amides is 1. The van der Waals surface area contributed by atoms with Gasteiger partial charge in [-0.2, -0.15) is 0 Å². The van der Waals surface area contributed by atoms with E-state index in [1.54, 1.807) is 0 Å². The number of hydroxylamine groups is 1. The van der Waals surface area contributed by atoms with Crippen molar-refractivity contribution in [3.63, 3.8) is 0 Å². The lowest BCUT2D eigenvalue weighted by Crippen LogP contribution is -2.22. The van der Waals surface area contributed by atoms with Gasteiger partial charge in [-0.05, 0) is 12.1 Å². The summed E-state index contributed by atoms with van der Waals surface area (Å²) in [6.45, 7) is 0.